The van der Waals surface area contributed by atoms with Crippen molar-refractivity contribution in [2.24, 2.45) is 10.8 Å². The van der Waals surface area contributed by atoms with Crippen LogP contribution in [0.2, 0.25) is 0 Å². The molecule has 1 aromatic carbocycles. The molecule has 2 unspecified atom stereocenters. The van der Waals surface area contributed by atoms with Crippen molar-refractivity contribution in [3.8, 4) is 0 Å². The molecule has 0 saturated heterocycles. The number of hydrogen-bond donors (Lipinski definition) is 2. The average molecular weight is 384 g/mol. The van der Waals surface area contributed by atoms with Crippen molar-refractivity contribution < 1.29 is 4.79 Å². The van der Waals surface area contributed by atoms with E-state index >= 15 is 0 Å². The van der Waals surface area contributed by atoms with Gasteiger partial charge < -0.3 is 10.3 Å². The summed E-state index contributed by atoms with van der Waals surface area (Å²) in [5.41, 5.74) is 1.52. The molecular weight excluding hydrogens is 350 g/mol. The molecule has 0 bridgehead atoms. The van der Waals surface area contributed by atoms with Gasteiger partial charge in [-0.05, 0) is 22.3 Å². The maximum atomic E-state index is 12.8. The number of hydrogen-bond acceptors (Lipinski definition) is 3. The van der Waals surface area contributed by atoms with Gasteiger partial charge in [-0.2, -0.15) is 0 Å². The molecule has 2 aromatic rings. The molecule has 0 saturated carbocycles. The van der Waals surface area contributed by atoms with Crippen molar-refractivity contribution in [1.29, 1.82) is 0 Å². The summed E-state index contributed by atoms with van der Waals surface area (Å²) in [6.07, 6.45) is 1.84. The highest BCUT2D eigenvalue weighted by atomic mass is 16.1. The number of carbonyl (C=O) groups is 1. The smallest absolute Gasteiger partial charge is 0.250 e. The molecule has 0 spiro atoms. The zero-order valence-corrected chi connectivity index (χ0v) is 17.9. The van der Waals surface area contributed by atoms with Gasteiger partial charge in [-0.3, -0.25) is 9.59 Å². The second-order valence-corrected chi connectivity index (χ2v) is 9.59. The van der Waals surface area contributed by atoms with Crippen LogP contribution in [0.5, 0.6) is 0 Å². The predicted octanol–water partition coefficient (Wildman–Crippen LogP) is 4.24. The molecule has 0 radical (unpaired) electrons. The first kappa shape index (κ1) is 21.9. The van der Waals surface area contributed by atoms with Crippen LogP contribution in [0.3, 0.4) is 0 Å². The first-order valence-corrected chi connectivity index (χ1v) is 9.85. The SMILES string of the molecule is CC(C)(C)C(CC(=O)NCC(c1cc(=O)[nH]cn1)C(C)(C)C)c1ccccc1. The summed E-state index contributed by atoms with van der Waals surface area (Å²) in [7, 11) is 0. The summed E-state index contributed by atoms with van der Waals surface area (Å²) in [6.45, 7) is 13.2. The van der Waals surface area contributed by atoms with Gasteiger partial charge in [-0.25, -0.2) is 4.98 Å². The van der Waals surface area contributed by atoms with E-state index in [0.29, 0.717) is 18.7 Å². The Kier molecular flexibility index (Phi) is 6.81. The maximum Gasteiger partial charge on any atom is 0.250 e. The lowest BCUT2D eigenvalue weighted by Crippen LogP contribution is -2.36. The van der Waals surface area contributed by atoms with Crippen LogP contribution in [0.15, 0.2) is 47.5 Å². The topological polar surface area (TPSA) is 74.8 Å². The summed E-state index contributed by atoms with van der Waals surface area (Å²) >= 11 is 0. The van der Waals surface area contributed by atoms with E-state index in [1.807, 2.05) is 18.2 Å². The molecule has 0 aliphatic rings. The second-order valence-electron chi connectivity index (χ2n) is 9.59. The van der Waals surface area contributed by atoms with Crippen molar-refractivity contribution in [3.05, 3.63) is 64.3 Å². The number of carbonyl (C=O) groups excluding carboxylic acids is 1. The van der Waals surface area contributed by atoms with Crippen LogP contribution in [-0.2, 0) is 4.79 Å². The molecule has 1 heterocycles. The highest BCUT2D eigenvalue weighted by Gasteiger charge is 2.31. The highest BCUT2D eigenvalue weighted by molar-refractivity contribution is 5.77. The fourth-order valence-electron chi connectivity index (χ4n) is 3.51. The molecular formula is C23H33N3O2. The minimum atomic E-state index is -0.178. The molecule has 5 nitrogen and oxygen atoms in total. The summed E-state index contributed by atoms with van der Waals surface area (Å²) < 4.78 is 0. The molecule has 2 rings (SSSR count). The van der Waals surface area contributed by atoms with Gasteiger partial charge in [0.2, 0.25) is 5.91 Å². The standard InChI is InChI=1S/C23H33N3O2/c1-22(2,3)17(16-10-8-7-9-11-16)12-20(27)24-14-18(23(4,5)6)19-13-21(28)26-15-25-19/h7-11,13,15,17-18H,12,14H2,1-6H3,(H,24,27)(H,25,26,28). The lowest BCUT2D eigenvalue weighted by molar-refractivity contribution is -0.122. The molecule has 1 aromatic heterocycles. The summed E-state index contributed by atoms with van der Waals surface area (Å²) in [6, 6.07) is 11.7. The number of nitrogens with zero attached hydrogens (tertiary/aromatic N) is 1. The number of amides is 1. The van der Waals surface area contributed by atoms with E-state index in [2.05, 4.69) is 69.0 Å². The van der Waals surface area contributed by atoms with Gasteiger partial charge in [0.05, 0.1) is 12.0 Å². The monoisotopic (exact) mass is 383 g/mol. The van der Waals surface area contributed by atoms with Gasteiger partial charge in [0, 0.05) is 24.9 Å². The van der Waals surface area contributed by atoms with Crippen molar-refractivity contribution >= 4 is 5.91 Å². The second kappa shape index (κ2) is 8.72. The Morgan fingerprint density at radius 3 is 2.18 bits per heavy atom. The molecule has 0 aliphatic heterocycles. The largest absolute Gasteiger partial charge is 0.355 e. The predicted molar refractivity (Wildman–Crippen MR) is 113 cm³/mol. The van der Waals surface area contributed by atoms with Crippen LogP contribution >= 0.6 is 0 Å². The van der Waals surface area contributed by atoms with E-state index in [4.69, 9.17) is 0 Å². The van der Waals surface area contributed by atoms with Crippen LogP contribution in [0.4, 0.5) is 0 Å². The minimum absolute atomic E-state index is 0.0165. The third kappa shape index (κ3) is 6.04. The Bertz CT molecular complexity index is 829. The number of H-pyrrole nitrogens is 1. The Balaban J connectivity index is 2.12. The molecule has 1 amide bonds. The first-order valence-electron chi connectivity index (χ1n) is 9.85. The van der Waals surface area contributed by atoms with Crippen molar-refractivity contribution in [3.63, 3.8) is 0 Å². The maximum absolute atomic E-state index is 12.8. The van der Waals surface area contributed by atoms with Gasteiger partial charge in [0.15, 0.2) is 0 Å². The number of nitrogens with one attached hydrogen (secondary N) is 2. The Labute approximate surface area is 168 Å². The summed E-state index contributed by atoms with van der Waals surface area (Å²) in [5, 5.41) is 3.09. The van der Waals surface area contributed by atoms with Gasteiger partial charge in [-0.15, -0.1) is 0 Å². The van der Waals surface area contributed by atoms with E-state index in [1.54, 1.807) is 0 Å². The fourth-order valence-corrected chi connectivity index (χ4v) is 3.51. The normalized spacial score (nSPS) is 14.4. The van der Waals surface area contributed by atoms with E-state index in [-0.39, 0.29) is 34.1 Å². The number of aromatic nitrogens is 2. The molecule has 5 heteroatoms. The van der Waals surface area contributed by atoms with Crippen LogP contribution in [0.25, 0.3) is 0 Å². The number of aromatic amines is 1. The van der Waals surface area contributed by atoms with Gasteiger partial charge in [0.25, 0.3) is 5.56 Å². The van der Waals surface area contributed by atoms with E-state index < -0.39 is 0 Å². The lowest BCUT2D eigenvalue weighted by atomic mass is 9.74. The Morgan fingerprint density at radius 1 is 1.04 bits per heavy atom. The van der Waals surface area contributed by atoms with Gasteiger partial charge in [0.1, 0.15) is 0 Å². The summed E-state index contributed by atoms with van der Waals surface area (Å²) in [5.74, 6) is 0.0888. The molecule has 28 heavy (non-hydrogen) atoms. The van der Waals surface area contributed by atoms with Crippen LogP contribution in [0.1, 0.15) is 71.1 Å². The number of benzene rings is 1. The molecule has 0 aliphatic carbocycles. The van der Waals surface area contributed by atoms with E-state index in [1.165, 1.54) is 18.0 Å². The molecule has 2 N–H and O–H groups in total. The van der Waals surface area contributed by atoms with Crippen LogP contribution in [0, 0.1) is 10.8 Å². The fraction of sp³-hybridized carbons (Fsp3) is 0.522. The van der Waals surface area contributed by atoms with Gasteiger partial charge >= 0.3 is 0 Å². The van der Waals surface area contributed by atoms with Crippen LogP contribution in [-0.4, -0.2) is 22.4 Å². The Hall–Kier alpha value is -2.43. The zero-order valence-electron chi connectivity index (χ0n) is 17.9. The van der Waals surface area contributed by atoms with Gasteiger partial charge in [-0.1, -0.05) is 71.9 Å². The number of rotatable bonds is 6. The van der Waals surface area contributed by atoms with Crippen molar-refractivity contribution in [1.82, 2.24) is 15.3 Å². The van der Waals surface area contributed by atoms with Crippen LogP contribution < -0.4 is 10.9 Å². The van der Waals surface area contributed by atoms with Crippen molar-refractivity contribution in [2.75, 3.05) is 6.54 Å². The average Bonchev–Trinajstić information content (AvgIpc) is 2.58. The first-order chi connectivity index (χ1) is 13.0. The summed E-state index contributed by atoms with van der Waals surface area (Å²) in [4.78, 5) is 31.4. The molecule has 0 fully saturated rings. The third-order valence-electron chi connectivity index (χ3n) is 5.24. The minimum Gasteiger partial charge on any atom is -0.355 e. The lowest BCUT2D eigenvalue weighted by Gasteiger charge is -2.32. The van der Waals surface area contributed by atoms with E-state index in [9.17, 15) is 9.59 Å². The molecule has 2 atom stereocenters. The van der Waals surface area contributed by atoms with E-state index in [0.717, 1.165) is 0 Å². The Morgan fingerprint density at radius 2 is 1.64 bits per heavy atom. The zero-order chi connectivity index (χ0) is 20.9. The third-order valence-corrected chi connectivity index (χ3v) is 5.24. The molecule has 152 valence electrons. The quantitative estimate of drug-likeness (QED) is 0.783. The van der Waals surface area contributed by atoms with Crippen molar-refractivity contribution in [2.45, 2.75) is 59.8 Å². The highest BCUT2D eigenvalue weighted by Crippen LogP contribution is 2.38.